The molecule has 1 aromatic heterocycles. The van der Waals surface area contributed by atoms with Crippen LogP contribution in [0.4, 0.5) is 0 Å². The van der Waals surface area contributed by atoms with Gasteiger partial charge in [0.25, 0.3) is 0 Å². The molecule has 3 amide bonds. The Morgan fingerprint density at radius 1 is 1.05 bits per heavy atom. The molecule has 12 heteroatoms. The minimum Gasteiger partial charge on any atom is -0.390 e. The van der Waals surface area contributed by atoms with Crippen LogP contribution >= 0.6 is 0 Å². The summed E-state index contributed by atoms with van der Waals surface area (Å²) in [5.41, 5.74) is 7.17. The number of nitrogens with one attached hydrogen (secondary N) is 3. The quantitative estimate of drug-likeness (QED) is 0.214. The minimum absolute atomic E-state index is 0.00388. The fourth-order valence-corrected chi connectivity index (χ4v) is 5.54. The Morgan fingerprint density at radius 2 is 1.74 bits per heavy atom. The maximum atomic E-state index is 13.0. The highest BCUT2D eigenvalue weighted by molar-refractivity contribution is 7.92. The van der Waals surface area contributed by atoms with Crippen LogP contribution in [0.25, 0.3) is 10.9 Å². The number of nitrogens with two attached hydrogens (primary N) is 1. The number of carbonyl (C=O) groups is 3. The summed E-state index contributed by atoms with van der Waals surface area (Å²) in [5.74, 6) is -3.29. The summed E-state index contributed by atoms with van der Waals surface area (Å²) in [6.45, 7) is 0. The number of primary amides is 1. The van der Waals surface area contributed by atoms with Gasteiger partial charge in [-0.05, 0) is 23.8 Å². The predicted molar refractivity (Wildman–Crippen MR) is 138 cm³/mol. The summed E-state index contributed by atoms with van der Waals surface area (Å²) in [4.78, 5) is 40.7. The molecule has 0 radical (unpaired) electrons. The highest BCUT2D eigenvalue weighted by Crippen LogP contribution is 2.22. The van der Waals surface area contributed by atoms with Gasteiger partial charge in [0.1, 0.15) is 17.9 Å². The average molecular weight is 541 g/mol. The molecule has 1 aliphatic carbocycles. The lowest BCUT2D eigenvalue weighted by Crippen LogP contribution is -2.53. The number of H-pyrrole nitrogens is 1. The Balaban J connectivity index is 1.46. The molecule has 1 heterocycles. The van der Waals surface area contributed by atoms with E-state index in [-0.39, 0.29) is 23.3 Å². The van der Waals surface area contributed by atoms with Crippen LogP contribution in [-0.4, -0.2) is 71.4 Å². The van der Waals surface area contributed by atoms with Crippen LogP contribution < -0.4 is 16.4 Å². The fourth-order valence-electron chi connectivity index (χ4n) is 4.37. The molecule has 3 aromatic rings. The number of carbonyl (C=O) groups excluding carboxylic acids is 3. The van der Waals surface area contributed by atoms with Crippen molar-refractivity contribution in [3.05, 3.63) is 78.0 Å². The fraction of sp³-hybridized carbons (Fsp3) is 0.269. The first-order chi connectivity index (χ1) is 18.0. The third kappa shape index (κ3) is 6.10. The van der Waals surface area contributed by atoms with Crippen LogP contribution in [0.1, 0.15) is 12.0 Å². The van der Waals surface area contributed by atoms with E-state index in [2.05, 4.69) is 15.6 Å². The second-order valence-corrected chi connectivity index (χ2v) is 11.1. The van der Waals surface area contributed by atoms with Gasteiger partial charge in [0.05, 0.1) is 17.0 Å². The first kappa shape index (κ1) is 27.0. The molecule has 200 valence electrons. The zero-order valence-electron chi connectivity index (χ0n) is 20.2. The Bertz CT molecular complexity index is 1480. The zero-order valence-corrected chi connectivity index (χ0v) is 21.0. The topological polar surface area (TPSA) is 192 Å². The molecule has 0 fully saturated rings. The van der Waals surface area contributed by atoms with Crippen molar-refractivity contribution in [2.24, 2.45) is 5.73 Å². The van der Waals surface area contributed by atoms with Gasteiger partial charge in [0, 0.05) is 35.5 Å². The van der Waals surface area contributed by atoms with Crippen molar-refractivity contribution in [3.63, 3.8) is 0 Å². The number of amides is 3. The van der Waals surface area contributed by atoms with Crippen molar-refractivity contribution in [2.45, 2.75) is 42.0 Å². The van der Waals surface area contributed by atoms with E-state index in [0.717, 1.165) is 16.5 Å². The first-order valence-corrected chi connectivity index (χ1v) is 13.5. The maximum absolute atomic E-state index is 13.0. The van der Waals surface area contributed by atoms with Crippen molar-refractivity contribution < 1.29 is 33.0 Å². The number of aromatic amines is 1. The number of para-hydroxylation sites is 1. The van der Waals surface area contributed by atoms with Crippen LogP contribution in [0.2, 0.25) is 0 Å². The highest BCUT2D eigenvalue weighted by atomic mass is 32.2. The summed E-state index contributed by atoms with van der Waals surface area (Å²) < 4.78 is 25.0. The number of benzene rings is 2. The monoisotopic (exact) mass is 540 g/mol. The van der Waals surface area contributed by atoms with Crippen molar-refractivity contribution in [1.82, 2.24) is 15.6 Å². The molecule has 0 bridgehead atoms. The van der Waals surface area contributed by atoms with Gasteiger partial charge >= 0.3 is 0 Å². The molecule has 2 aromatic carbocycles. The van der Waals surface area contributed by atoms with Crippen molar-refractivity contribution in [2.75, 3.05) is 5.75 Å². The molecule has 0 saturated heterocycles. The summed E-state index contributed by atoms with van der Waals surface area (Å²) in [6, 6.07) is 12.5. The Hall–Kier alpha value is -4.00. The predicted octanol–water partition coefficient (Wildman–Crippen LogP) is -0.309. The van der Waals surface area contributed by atoms with E-state index in [1.165, 1.54) is 30.3 Å². The first-order valence-electron chi connectivity index (χ1n) is 11.8. The Labute approximate surface area is 218 Å². The Kier molecular flexibility index (Phi) is 7.95. The SMILES string of the molecule is NC(=O)[C@@H](Cc1c[nH]c2ccccc12)NC(=O)C1=C[C@@H](NC(=O)CS(=O)(=O)c2ccccc2)[C@@H](O)[C@H](O)C1. The number of aromatic nitrogens is 1. The van der Waals surface area contributed by atoms with Crippen LogP contribution in [0.15, 0.2) is 77.3 Å². The van der Waals surface area contributed by atoms with Gasteiger partial charge < -0.3 is 31.6 Å². The number of fused-ring (bicyclic) bond motifs is 1. The minimum atomic E-state index is -3.95. The Morgan fingerprint density at radius 3 is 2.45 bits per heavy atom. The molecule has 4 atom stereocenters. The van der Waals surface area contributed by atoms with Gasteiger partial charge in [0.2, 0.25) is 17.7 Å². The van der Waals surface area contributed by atoms with Crippen LogP contribution in [0.5, 0.6) is 0 Å². The normalized spacial score (nSPS) is 20.4. The number of aliphatic hydroxyl groups is 2. The average Bonchev–Trinajstić information content (AvgIpc) is 3.29. The molecule has 4 rings (SSSR count). The largest absolute Gasteiger partial charge is 0.390 e. The van der Waals surface area contributed by atoms with Crippen molar-refractivity contribution in [1.29, 1.82) is 0 Å². The molecule has 7 N–H and O–H groups in total. The third-order valence-corrected chi connectivity index (χ3v) is 8.00. The molecule has 0 spiro atoms. The summed E-state index contributed by atoms with van der Waals surface area (Å²) in [7, 11) is -3.95. The van der Waals surface area contributed by atoms with Gasteiger partial charge in [-0.2, -0.15) is 0 Å². The van der Waals surface area contributed by atoms with Gasteiger partial charge in [-0.1, -0.05) is 42.5 Å². The summed E-state index contributed by atoms with van der Waals surface area (Å²) >= 11 is 0. The second-order valence-electron chi connectivity index (χ2n) is 9.11. The van der Waals surface area contributed by atoms with E-state index >= 15 is 0 Å². The lowest BCUT2D eigenvalue weighted by Gasteiger charge is -2.31. The zero-order chi connectivity index (χ0) is 27.4. The summed E-state index contributed by atoms with van der Waals surface area (Å²) in [5, 5.41) is 26.5. The van der Waals surface area contributed by atoms with E-state index in [1.54, 1.807) is 12.3 Å². The smallest absolute Gasteiger partial charge is 0.247 e. The second kappa shape index (κ2) is 11.2. The van der Waals surface area contributed by atoms with Crippen LogP contribution in [0, 0.1) is 0 Å². The van der Waals surface area contributed by atoms with Gasteiger partial charge in [0.15, 0.2) is 9.84 Å². The van der Waals surface area contributed by atoms with E-state index in [1.807, 2.05) is 24.3 Å². The lowest BCUT2D eigenvalue weighted by atomic mass is 9.89. The highest BCUT2D eigenvalue weighted by Gasteiger charge is 2.35. The van der Waals surface area contributed by atoms with Crippen molar-refractivity contribution >= 4 is 38.5 Å². The van der Waals surface area contributed by atoms with E-state index in [4.69, 9.17) is 5.73 Å². The molecule has 0 unspecified atom stereocenters. The van der Waals surface area contributed by atoms with Crippen LogP contribution in [-0.2, 0) is 30.6 Å². The molecule has 11 nitrogen and oxygen atoms in total. The van der Waals surface area contributed by atoms with Gasteiger partial charge in [-0.3, -0.25) is 14.4 Å². The third-order valence-electron chi connectivity index (χ3n) is 6.36. The van der Waals surface area contributed by atoms with Gasteiger partial charge in [-0.25, -0.2) is 8.42 Å². The molecular formula is C26H28N4O7S. The number of hydrogen-bond acceptors (Lipinski definition) is 7. The standard InChI is InChI=1S/C26H28N4O7S/c27-25(34)21(11-16-13-28-19-9-5-4-8-18(16)19)30-26(35)15-10-20(24(33)22(31)12-15)29-23(32)14-38(36,37)17-6-2-1-3-7-17/h1-10,13,20-22,24,28,31,33H,11-12,14H2,(H2,27,34)(H,29,32)(H,30,35)/t20-,21-,22-,24-/m1/s1. The molecular weight excluding hydrogens is 512 g/mol. The van der Waals surface area contributed by atoms with Crippen molar-refractivity contribution in [3.8, 4) is 0 Å². The maximum Gasteiger partial charge on any atom is 0.247 e. The number of aliphatic hydroxyl groups excluding tert-OH is 2. The number of sulfone groups is 1. The molecule has 38 heavy (non-hydrogen) atoms. The number of hydrogen-bond donors (Lipinski definition) is 6. The molecule has 0 saturated carbocycles. The van der Waals surface area contributed by atoms with E-state index in [9.17, 15) is 33.0 Å². The van der Waals surface area contributed by atoms with E-state index in [0.29, 0.717) is 0 Å². The number of rotatable bonds is 9. The lowest BCUT2D eigenvalue weighted by molar-refractivity contribution is -0.126. The summed E-state index contributed by atoms with van der Waals surface area (Å²) in [6.07, 6.45) is -0.0717. The molecule has 0 aliphatic heterocycles. The van der Waals surface area contributed by atoms with Gasteiger partial charge in [-0.15, -0.1) is 0 Å². The van der Waals surface area contributed by atoms with Crippen LogP contribution in [0.3, 0.4) is 0 Å². The molecule has 1 aliphatic rings. The van der Waals surface area contributed by atoms with E-state index < -0.39 is 57.6 Å².